The van der Waals surface area contributed by atoms with Crippen molar-refractivity contribution >= 4 is 44.4 Å². The van der Waals surface area contributed by atoms with E-state index in [1.165, 1.54) is 19.2 Å². The maximum absolute atomic E-state index is 4.55. The summed E-state index contributed by atoms with van der Waals surface area (Å²) in [6.07, 6.45) is 5.59. The lowest BCUT2D eigenvalue weighted by atomic mass is 10.3. The fraction of sp³-hybridized carbons (Fsp3) is 0.200. The summed E-state index contributed by atoms with van der Waals surface area (Å²) in [7, 11) is 0. The normalized spacial score (nSPS) is 14.0. The van der Waals surface area contributed by atoms with Gasteiger partial charge in [0.2, 0.25) is 5.95 Å². The SMILES string of the molecule is Brc1cccc(Nc2ncnc3cnc(NC4CC4)nc23)c1. The Labute approximate surface area is 135 Å². The predicted octanol–water partition coefficient (Wildman–Crippen LogP) is 3.50. The molecule has 7 heteroatoms. The highest BCUT2D eigenvalue weighted by Gasteiger charge is 2.22. The van der Waals surface area contributed by atoms with Gasteiger partial charge in [-0.1, -0.05) is 22.0 Å². The van der Waals surface area contributed by atoms with E-state index in [4.69, 9.17) is 0 Å². The van der Waals surface area contributed by atoms with Gasteiger partial charge in [-0.25, -0.2) is 19.9 Å². The number of hydrogen-bond donors (Lipinski definition) is 2. The van der Waals surface area contributed by atoms with Crippen molar-refractivity contribution in [1.29, 1.82) is 0 Å². The molecule has 22 heavy (non-hydrogen) atoms. The lowest BCUT2D eigenvalue weighted by Crippen LogP contribution is -2.06. The van der Waals surface area contributed by atoms with Crippen LogP contribution in [0.1, 0.15) is 12.8 Å². The molecule has 0 saturated heterocycles. The smallest absolute Gasteiger partial charge is 0.223 e. The van der Waals surface area contributed by atoms with E-state index in [2.05, 4.69) is 46.5 Å². The van der Waals surface area contributed by atoms with Crippen LogP contribution in [0.25, 0.3) is 11.0 Å². The molecule has 0 atom stereocenters. The third kappa shape index (κ3) is 2.85. The highest BCUT2D eigenvalue weighted by atomic mass is 79.9. The van der Waals surface area contributed by atoms with Crippen LogP contribution in [-0.2, 0) is 0 Å². The molecule has 0 radical (unpaired) electrons. The number of nitrogens with one attached hydrogen (secondary N) is 2. The molecular formula is C15H13BrN6. The van der Waals surface area contributed by atoms with Crippen LogP contribution in [0.3, 0.4) is 0 Å². The van der Waals surface area contributed by atoms with Crippen LogP contribution >= 0.6 is 15.9 Å². The van der Waals surface area contributed by atoms with Crippen molar-refractivity contribution < 1.29 is 0 Å². The van der Waals surface area contributed by atoms with Gasteiger partial charge in [0.25, 0.3) is 0 Å². The lowest BCUT2D eigenvalue weighted by molar-refractivity contribution is 1.06. The largest absolute Gasteiger partial charge is 0.351 e. The molecule has 2 heterocycles. The molecule has 1 aliphatic rings. The maximum atomic E-state index is 4.55. The zero-order valence-corrected chi connectivity index (χ0v) is 13.2. The first-order valence-corrected chi connectivity index (χ1v) is 7.84. The molecule has 0 aliphatic heterocycles. The first kappa shape index (κ1) is 13.4. The van der Waals surface area contributed by atoms with E-state index in [1.807, 2.05) is 24.3 Å². The number of benzene rings is 1. The van der Waals surface area contributed by atoms with Gasteiger partial charge in [-0.2, -0.15) is 0 Å². The van der Waals surface area contributed by atoms with E-state index in [0.717, 1.165) is 10.2 Å². The second-order valence-corrected chi connectivity index (χ2v) is 6.12. The van der Waals surface area contributed by atoms with E-state index in [1.54, 1.807) is 6.20 Å². The highest BCUT2D eigenvalue weighted by molar-refractivity contribution is 9.10. The minimum Gasteiger partial charge on any atom is -0.351 e. The van der Waals surface area contributed by atoms with Crippen LogP contribution in [-0.4, -0.2) is 26.0 Å². The van der Waals surface area contributed by atoms with Gasteiger partial charge in [0.15, 0.2) is 5.82 Å². The van der Waals surface area contributed by atoms with Crippen LogP contribution < -0.4 is 10.6 Å². The number of halogens is 1. The molecule has 0 spiro atoms. The van der Waals surface area contributed by atoms with E-state index < -0.39 is 0 Å². The Bertz CT molecular complexity index is 833. The van der Waals surface area contributed by atoms with Crippen molar-refractivity contribution in [2.75, 3.05) is 10.6 Å². The average Bonchev–Trinajstić information content (AvgIpc) is 3.32. The van der Waals surface area contributed by atoms with E-state index in [-0.39, 0.29) is 0 Å². The Morgan fingerprint density at radius 1 is 1.14 bits per heavy atom. The Balaban J connectivity index is 1.72. The number of aromatic nitrogens is 4. The summed E-state index contributed by atoms with van der Waals surface area (Å²) < 4.78 is 1.00. The van der Waals surface area contributed by atoms with E-state index in [0.29, 0.717) is 28.8 Å². The van der Waals surface area contributed by atoms with Crippen molar-refractivity contribution in [2.24, 2.45) is 0 Å². The zero-order valence-electron chi connectivity index (χ0n) is 11.6. The van der Waals surface area contributed by atoms with Gasteiger partial charge in [0, 0.05) is 16.2 Å². The lowest BCUT2D eigenvalue weighted by Gasteiger charge is -2.09. The maximum Gasteiger partial charge on any atom is 0.223 e. The van der Waals surface area contributed by atoms with Crippen LogP contribution in [0.5, 0.6) is 0 Å². The topological polar surface area (TPSA) is 75.6 Å². The number of fused-ring (bicyclic) bond motifs is 1. The standard InChI is InChI=1S/C15H13BrN6/c16-9-2-1-3-11(6-9)20-14-13-12(18-8-19-14)7-17-15(22-13)21-10-4-5-10/h1-3,6-8,10H,4-5H2,(H,17,21,22)(H,18,19,20). The second-order valence-electron chi connectivity index (χ2n) is 5.20. The van der Waals surface area contributed by atoms with Gasteiger partial charge in [-0.15, -0.1) is 0 Å². The summed E-state index contributed by atoms with van der Waals surface area (Å²) in [6.45, 7) is 0. The first-order valence-electron chi connectivity index (χ1n) is 7.05. The fourth-order valence-corrected chi connectivity index (χ4v) is 2.53. The third-order valence-corrected chi connectivity index (χ3v) is 3.87. The van der Waals surface area contributed by atoms with Gasteiger partial charge in [0.05, 0.1) is 6.20 Å². The molecule has 1 aromatic carbocycles. The summed E-state index contributed by atoms with van der Waals surface area (Å²) in [5.74, 6) is 1.30. The van der Waals surface area contributed by atoms with Crippen molar-refractivity contribution in [3.8, 4) is 0 Å². The summed E-state index contributed by atoms with van der Waals surface area (Å²) in [4.78, 5) is 17.4. The van der Waals surface area contributed by atoms with Crippen LogP contribution in [0.2, 0.25) is 0 Å². The zero-order chi connectivity index (χ0) is 14.9. The van der Waals surface area contributed by atoms with Gasteiger partial charge >= 0.3 is 0 Å². The molecule has 0 unspecified atom stereocenters. The van der Waals surface area contributed by atoms with E-state index in [9.17, 15) is 0 Å². The average molecular weight is 357 g/mol. The fourth-order valence-electron chi connectivity index (χ4n) is 2.13. The summed E-state index contributed by atoms with van der Waals surface area (Å²) in [5.41, 5.74) is 2.36. The molecule has 2 aromatic heterocycles. The van der Waals surface area contributed by atoms with Gasteiger partial charge < -0.3 is 10.6 Å². The summed E-state index contributed by atoms with van der Waals surface area (Å²) in [5, 5.41) is 6.58. The Kier molecular flexibility index (Phi) is 3.34. The molecule has 1 aliphatic carbocycles. The van der Waals surface area contributed by atoms with Crippen LogP contribution in [0, 0.1) is 0 Å². The molecular weight excluding hydrogens is 344 g/mol. The van der Waals surface area contributed by atoms with E-state index >= 15 is 0 Å². The third-order valence-electron chi connectivity index (χ3n) is 3.38. The van der Waals surface area contributed by atoms with Crippen molar-refractivity contribution in [3.05, 3.63) is 41.3 Å². The Morgan fingerprint density at radius 3 is 2.86 bits per heavy atom. The number of nitrogens with zero attached hydrogens (tertiary/aromatic N) is 4. The molecule has 6 nitrogen and oxygen atoms in total. The molecule has 2 N–H and O–H groups in total. The molecule has 0 bridgehead atoms. The number of rotatable bonds is 4. The summed E-state index contributed by atoms with van der Waals surface area (Å²) >= 11 is 3.46. The molecule has 0 amide bonds. The quantitative estimate of drug-likeness (QED) is 0.744. The van der Waals surface area contributed by atoms with Crippen molar-refractivity contribution in [1.82, 2.24) is 19.9 Å². The van der Waals surface area contributed by atoms with Crippen molar-refractivity contribution in [3.63, 3.8) is 0 Å². The number of hydrogen-bond acceptors (Lipinski definition) is 6. The minimum atomic E-state index is 0.503. The van der Waals surface area contributed by atoms with Crippen LogP contribution in [0.15, 0.2) is 41.3 Å². The number of anilines is 3. The summed E-state index contributed by atoms with van der Waals surface area (Å²) in [6, 6.07) is 8.40. The Morgan fingerprint density at radius 2 is 2.05 bits per heavy atom. The molecule has 1 saturated carbocycles. The Hall–Kier alpha value is -2.28. The minimum absolute atomic E-state index is 0.503. The second kappa shape index (κ2) is 5.49. The van der Waals surface area contributed by atoms with Crippen LogP contribution in [0.4, 0.5) is 17.5 Å². The van der Waals surface area contributed by atoms with Gasteiger partial charge in [-0.3, -0.25) is 0 Å². The monoisotopic (exact) mass is 356 g/mol. The molecule has 3 aromatic rings. The molecule has 1 fully saturated rings. The first-order chi connectivity index (χ1) is 10.8. The predicted molar refractivity (Wildman–Crippen MR) is 89.2 cm³/mol. The highest BCUT2D eigenvalue weighted by Crippen LogP contribution is 2.26. The van der Waals surface area contributed by atoms with Crippen molar-refractivity contribution in [2.45, 2.75) is 18.9 Å². The van der Waals surface area contributed by atoms with Gasteiger partial charge in [-0.05, 0) is 31.0 Å². The molecule has 110 valence electrons. The van der Waals surface area contributed by atoms with Gasteiger partial charge in [0.1, 0.15) is 17.4 Å². The molecule has 4 rings (SSSR count).